The minimum Gasteiger partial charge on any atom is -0.289 e. The Balaban J connectivity index is 1.80. The Morgan fingerprint density at radius 2 is 1.77 bits per heavy atom. The molecule has 0 radical (unpaired) electrons. The topological polar surface area (TPSA) is 47.8 Å². The Morgan fingerprint density at radius 3 is 2.39 bits per heavy atom. The SMILES string of the molecule is O=C(C=C(c1cc(Cl)c(F)c(Cl)c1)C(F)(F)F)c1ccc(-n2cncn2)c2c1CCC2. The highest BCUT2D eigenvalue weighted by atomic mass is 35.5. The molecule has 0 fully saturated rings. The number of nitrogens with zero attached hydrogens (tertiary/aromatic N) is 3. The van der Waals surface area contributed by atoms with E-state index in [1.54, 1.807) is 10.7 Å². The van der Waals surface area contributed by atoms with Crippen LogP contribution in [0.15, 0.2) is 43.0 Å². The van der Waals surface area contributed by atoms with Crippen LogP contribution in [0.4, 0.5) is 17.6 Å². The molecule has 0 aliphatic heterocycles. The number of alkyl halides is 3. The van der Waals surface area contributed by atoms with Gasteiger partial charge in [0.25, 0.3) is 0 Å². The maximum atomic E-state index is 13.8. The number of rotatable bonds is 4. The average molecular weight is 470 g/mol. The lowest BCUT2D eigenvalue weighted by molar-refractivity contribution is -0.0689. The van der Waals surface area contributed by atoms with Gasteiger partial charge in [0.1, 0.15) is 12.7 Å². The number of allylic oxidation sites excluding steroid dienone is 2. The molecular formula is C21H13Cl2F4N3O. The minimum atomic E-state index is -4.88. The number of hydrogen-bond donors (Lipinski definition) is 0. The Morgan fingerprint density at radius 1 is 1.10 bits per heavy atom. The van der Waals surface area contributed by atoms with Gasteiger partial charge in [0.05, 0.1) is 21.3 Å². The van der Waals surface area contributed by atoms with Crippen molar-refractivity contribution in [3.63, 3.8) is 0 Å². The fraction of sp³-hybridized carbons (Fsp3) is 0.190. The number of carbonyl (C=O) groups excluding carboxylic acids is 1. The van der Waals surface area contributed by atoms with E-state index < -0.39 is 39.0 Å². The van der Waals surface area contributed by atoms with Crippen LogP contribution in [0.5, 0.6) is 0 Å². The standard InChI is InChI=1S/C21H13Cl2F4N3O/c22-16-6-11(7-17(23)20(16)24)15(21(25,26)27)8-19(31)14-4-5-18(30-10-28-9-29-30)13-3-1-2-12(13)14/h4-10H,1-3H2. The van der Waals surface area contributed by atoms with Gasteiger partial charge in [0, 0.05) is 5.56 Å². The summed E-state index contributed by atoms with van der Waals surface area (Å²) in [6.07, 6.45) is 0.497. The summed E-state index contributed by atoms with van der Waals surface area (Å²) in [4.78, 5) is 16.8. The van der Waals surface area contributed by atoms with Crippen LogP contribution >= 0.6 is 23.2 Å². The van der Waals surface area contributed by atoms with E-state index in [0.29, 0.717) is 24.5 Å². The first-order valence-corrected chi connectivity index (χ1v) is 9.90. The number of aromatic nitrogens is 3. The van der Waals surface area contributed by atoms with Gasteiger partial charge in [-0.05, 0) is 66.3 Å². The van der Waals surface area contributed by atoms with E-state index >= 15 is 0 Å². The predicted molar refractivity (Wildman–Crippen MR) is 108 cm³/mol. The zero-order valence-corrected chi connectivity index (χ0v) is 17.2. The third-order valence-electron chi connectivity index (χ3n) is 5.07. The van der Waals surface area contributed by atoms with Gasteiger partial charge in [-0.25, -0.2) is 14.1 Å². The Hall–Kier alpha value is -2.71. The van der Waals surface area contributed by atoms with E-state index in [9.17, 15) is 22.4 Å². The molecule has 2 aromatic carbocycles. The van der Waals surface area contributed by atoms with Gasteiger partial charge in [0.15, 0.2) is 11.6 Å². The zero-order chi connectivity index (χ0) is 22.3. The molecule has 0 atom stereocenters. The molecule has 0 amide bonds. The number of carbonyl (C=O) groups is 1. The van der Waals surface area contributed by atoms with Crippen LogP contribution in [0.2, 0.25) is 10.0 Å². The first kappa shape index (κ1) is 21.5. The van der Waals surface area contributed by atoms with Gasteiger partial charge in [-0.2, -0.15) is 18.3 Å². The van der Waals surface area contributed by atoms with E-state index in [4.69, 9.17) is 23.2 Å². The minimum absolute atomic E-state index is 0.178. The molecule has 4 nitrogen and oxygen atoms in total. The van der Waals surface area contributed by atoms with Crippen molar-refractivity contribution in [3.05, 3.63) is 81.1 Å². The van der Waals surface area contributed by atoms with Gasteiger partial charge >= 0.3 is 6.18 Å². The number of benzene rings is 2. The maximum Gasteiger partial charge on any atom is 0.417 e. The second-order valence-electron chi connectivity index (χ2n) is 6.96. The van der Waals surface area contributed by atoms with Crippen LogP contribution < -0.4 is 0 Å². The van der Waals surface area contributed by atoms with Crippen molar-refractivity contribution in [2.24, 2.45) is 0 Å². The highest BCUT2D eigenvalue weighted by Crippen LogP contribution is 2.38. The van der Waals surface area contributed by atoms with Crippen molar-refractivity contribution in [1.29, 1.82) is 0 Å². The number of halogens is 6. The van der Waals surface area contributed by atoms with E-state index in [-0.39, 0.29) is 5.56 Å². The van der Waals surface area contributed by atoms with E-state index in [0.717, 1.165) is 29.8 Å². The molecule has 3 aromatic rings. The molecule has 0 spiro atoms. The molecule has 0 saturated heterocycles. The molecule has 1 heterocycles. The summed E-state index contributed by atoms with van der Waals surface area (Å²) in [5.41, 5.74) is 0.703. The molecule has 1 aromatic heterocycles. The smallest absolute Gasteiger partial charge is 0.289 e. The summed E-state index contributed by atoms with van der Waals surface area (Å²) in [5.74, 6) is -1.84. The zero-order valence-electron chi connectivity index (χ0n) is 15.7. The van der Waals surface area contributed by atoms with E-state index in [2.05, 4.69) is 10.1 Å². The first-order valence-electron chi connectivity index (χ1n) is 9.14. The molecule has 10 heteroatoms. The van der Waals surface area contributed by atoms with Crippen LogP contribution in [0.3, 0.4) is 0 Å². The van der Waals surface area contributed by atoms with Crippen LogP contribution in [0.25, 0.3) is 11.3 Å². The fourth-order valence-electron chi connectivity index (χ4n) is 3.71. The summed E-state index contributed by atoms with van der Waals surface area (Å²) in [6, 6.07) is 4.72. The monoisotopic (exact) mass is 469 g/mol. The molecule has 1 aliphatic carbocycles. The van der Waals surface area contributed by atoms with Crippen molar-refractivity contribution >= 4 is 34.6 Å². The van der Waals surface area contributed by atoms with Crippen LogP contribution in [-0.2, 0) is 12.8 Å². The Labute approximate surface area is 184 Å². The molecule has 0 saturated carbocycles. The second kappa shape index (κ2) is 8.09. The average Bonchev–Trinajstić information content (AvgIpc) is 3.40. The van der Waals surface area contributed by atoms with E-state index in [1.807, 2.05) is 0 Å². The largest absolute Gasteiger partial charge is 0.417 e. The third kappa shape index (κ3) is 4.09. The summed E-state index contributed by atoms with van der Waals surface area (Å²) < 4.78 is 56.5. The summed E-state index contributed by atoms with van der Waals surface area (Å²) in [7, 11) is 0. The van der Waals surface area contributed by atoms with Crippen LogP contribution in [0.1, 0.15) is 33.5 Å². The van der Waals surface area contributed by atoms with Gasteiger partial charge in [-0.15, -0.1) is 0 Å². The lowest BCUT2D eigenvalue weighted by Gasteiger charge is -2.15. The lowest BCUT2D eigenvalue weighted by Crippen LogP contribution is -2.14. The maximum absolute atomic E-state index is 13.8. The summed E-state index contributed by atoms with van der Waals surface area (Å²) >= 11 is 11.3. The van der Waals surface area contributed by atoms with Crippen LogP contribution in [-0.4, -0.2) is 26.7 Å². The molecule has 31 heavy (non-hydrogen) atoms. The summed E-state index contributed by atoms with van der Waals surface area (Å²) in [6.45, 7) is 0. The molecule has 1 aliphatic rings. The predicted octanol–water partition coefficient (Wildman–Crippen LogP) is 6.03. The van der Waals surface area contributed by atoms with Gasteiger partial charge in [-0.3, -0.25) is 4.79 Å². The van der Waals surface area contributed by atoms with Crippen molar-refractivity contribution in [2.75, 3.05) is 0 Å². The Bertz CT molecular complexity index is 1180. The molecule has 0 bridgehead atoms. The fourth-order valence-corrected chi connectivity index (χ4v) is 4.20. The van der Waals surface area contributed by atoms with E-state index in [1.165, 1.54) is 18.7 Å². The molecule has 160 valence electrons. The quantitative estimate of drug-likeness (QED) is 0.203. The Kier molecular flexibility index (Phi) is 5.61. The molecule has 0 unspecified atom stereocenters. The van der Waals surface area contributed by atoms with Gasteiger partial charge < -0.3 is 0 Å². The van der Waals surface area contributed by atoms with Crippen molar-refractivity contribution in [1.82, 2.24) is 14.8 Å². The summed E-state index contributed by atoms with van der Waals surface area (Å²) in [5, 5.41) is 2.95. The van der Waals surface area contributed by atoms with Gasteiger partial charge in [0.2, 0.25) is 0 Å². The van der Waals surface area contributed by atoms with Crippen molar-refractivity contribution < 1.29 is 22.4 Å². The molecule has 0 N–H and O–H groups in total. The number of hydrogen-bond acceptors (Lipinski definition) is 3. The van der Waals surface area contributed by atoms with Crippen molar-refractivity contribution in [2.45, 2.75) is 25.4 Å². The molecule has 4 rings (SSSR count). The lowest BCUT2D eigenvalue weighted by atomic mass is 9.95. The number of fused-ring (bicyclic) bond motifs is 1. The second-order valence-corrected chi connectivity index (χ2v) is 7.77. The van der Waals surface area contributed by atoms with Crippen molar-refractivity contribution in [3.8, 4) is 5.69 Å². The first-order chi connectivity index (χ1) is 14.7. The third-order valence-corrected chi connectivity index (χ3v) is 5.62. The number of ketones is 1. The highest BCUT2D eigenvalue weighted by Gasteiger charge is 2.36. The normalized spacial score (nSPS) is 14.1. The highest BCUT2D eigenvalue weighted by molar-refractivity contribution is 6.35. The van der Waals surface area contributed by atoms with Gasteiger partial charge in [-0.1, -0.05) is 23.2 Å². The van der Waals surface area contributed by atoms with Crippen LogP contribution in [0, 0.1) is 5.82 Å². The molecular weight excluding hydrogens is 457 g/mol.